The van der Waals surface area contributed by atoms with Crippen LogP contribution >= 0.6 is 0 Å². The third-order valence-electron chi connectivity index (χ3n) is 4.29. The zero-order valence-electron chi connectivity index (χ0n) is 15.9. The molecule has 140 valence electrons. The summed E-state index contributed by atoms with van der Waals surface area (Å²) >= 11 is 0. The van der Waals surface area contributed by atoms with Crippen molar-refractivity contribution in [3.8, 4) is 0 Å². The number of nitrogens with one attached hydrogen (secondary N) is 2. The molecule has 0 saturated carbocycles. The van der Waals surface area contributed by atoms with Crippen LogP contribution in [0.3, 0.4) is 0 Å². The normalized spacial score (nSPS) is 20.4. The van der Waals surface area contributed by atoms with E-state index in [1.54, 1.807) is 5.06 Å². The SMILES string of the molecule is CN1CCNCCNCC1C(=O)N(OCc1ccccc1)C(C)(C)C. The Kier molecular flexibility index (Phi) is 7.38. The summed E-state index contributed by atoms with van der Waals surface area (Å²) in [6, 6.07) is 9.70. The smallest absolute Gasteiger partial charge is 0.265 e. The maximum atomic E-state index is 13.3. The van der Waals surface area contributed by atoms with Gasteiger partial charge in [0.05, 0.1) is 5.54 Å². The topological polar surface area (TPSA) is 56.8 Å². The second-order valence-corrected chi connectivity index (χ2v) is 7.51. The lowest BCUT2D eigenvalue weighted by Gasteiger charge is -2.38. The Morgan fingerprint density at radius 3 is 2.56 bits per heavy atom. The van der Waals surface area contributed by atoms with Crippen molar-refractivity contribution in [2.75, 3.05) is 39.8 Å². The van der Waals surface area contributed by atoms with Gasteiger partial charge in [0.2, 0.25) is 0 Å². The van der Waals surface area contributed by atoms with E-state index >= 15 is 0 Å². The Morgan fingerprint density at radius 2 is 1.88 bits per heavy atom. The second kappa shape index (κ2) is 9.29. The number of rotatable bonds is 4. The van der Waals surface area contributed by atoms with Crippen molar-refractivity contribution in [3.05, 3.63) is 35.9 Å². The van der Waals surface area contributed by atoms with Gasteiger partial charge in [-0.3, -0.25) is 14.5 Å². The van der Waals surface area contributed by atoms with Gasteiger partial charge in [-0.05, 0) is 33.4 Å². The van der Waals surface area contributed by atoms with E-state index in [9.17, 15) is 4.79 Å². The molecule has 1 heterocycles. The molecule has 0 aromatic heterocycles. The Balaban J connectivity index is 2.10. The van der Waals surface area contributed by atoms with Gasteiger partial charge < -0.3 is 10.6 Å². The first-order valence-electron chi connectivity index (χ1n) is 9.02. The van der Waals surface area contributed by atoms with Crippen LogP contribution in [-0.2, 0) is 16.2 Å². The summed E-state index contributed by atoms with van der Waals surface area (Å²) < 4.78 is 0. The van der Waals surface area contributed by atoms with Gasteiger partial charge in [0, 0.05) is 32.7 Å². The van der Waals surface area contributed by atoms with E-state index < -0.39 is 5.54 Å². The number of amides is 1. The third-order valence-corrected chi connectivity index (χ3v) is 4.29. The van der Waals surface area contributed by atoms with E-state index in [1.165, 1.54) is 0 Å². The fourth-order valence-electron chi connectivity index (χ4n) is 2.82. The number of benzene rings is 1. The molecular weight excluding hydrogens is 316 g/mol. The highest BCUT2D eigenvalue weighted by atomic mass is 16.7. The van der Waals surface area contributed by atoms with Crippen molar-refractivity contribution in [2.45, 2.75) is 39.0 Å². The molecular formula is C19H32N4O2. The molecule has 6 heteroatoms. The molecule has 1 saturated heterocycles. The second-order valence-electron chi connectivity index (χ2n) is 7.51. The lowest BCUT2D eigenvalue weighted by molar-refractivity contribution is -0.224. The fourth-order valence-corrected chi connectivity index (χ4v) is 2.82. The van der Waals surface area contributed by atoms with Crippen LogP contribution in [0.15, 0.2) is 30.3 Å². The molecule has 1 aliphatic heterocycles. The molecule has 1 aromatic rings. The number of carbonyl (C=O) groups excluding carboxylic acids is 1. The summed E-state index contributed by atoms with van der Waals surface area (Å²) in [5.41, 5.74) is 0.637. The maximum Gasteiger partial charge on any atom is 0.265 e. The molecule has 1 fully saturated rings. The van der Waals surface area contributed by atoms with Crippen LogP contribution in [0.5, 0.6) is 0 Å². The molecule has 0 bridgehead atoms. The van der Waals surface area contributed by atoms with Crippen molar-refractivity contribution in [1.82, 2.24) is 20.6 Å². The summed E-state index contributed by atoms with van der Waals surface area (Å²) in [6.07, 6.45) is 0. The summed E-state index contributed by atoms with van der Waals surface area (Å²) in [6.45, 7) is 10.5. The van der Waals surface area contributed by atoms with Gasteiger partial charge in [0.25, 0.3) is 5.91 Å². The van der Waals surface area contributed by atoms with Gasteiger partial charge >= 0.3 is 0 Å². The van der Waals surface area contributed by atoms with E-state index in [-0.39, 0.29) is 11.9 Å². The molecule has 6 nitrogen and oxygen atoms in total. The maximum absolute atomic E-state index is 13.3. The number of nitrogens with zero attached hydrogens (tertiary/aromatic N) is 2. The van der Waals surface area contributed by atoms with Crippen LogP contribution in [0.4, 0.5) is 0 Å². The summed E-state index contributed by atoms with van der Waals surface area (Å²) in [5.74, 6) is 0.000307. The first kappa shape index (κ1) is 19.8. The Labute approximate surface area is 151 Å². The standard InChI is InChI=1S/C19H32N4O2/c1-19(2,3)23(25-15-16-8-6-5-7-9-16)18(24)17-14-21-11-10-20-12-13-22(17)4/h5-9,17,20-21H,10-15H2,1-4H3. The average Bonchev–Trinajstić information content (AvgIpc) is 2.66. The zero-order chi connectivity index (χ0) is 18.3. The van der Waals surface area contributed by atoms with Crippen molar-refractivity contribution in [1.29, 1.82) is 0 Å². The minimum atomic E-state index is -0.413. The van der Waals surface area contributed by atoms with E-state index in [1.807, 2.05) is 58.2 Å². The number of hydrogen-bond donors (Lipinski definition) is 2. The first-order valence-corrected chi connectivity index (χ1v) is 9.02. The molecule has 0 radical (unpaired) electrons. The van der Waals surface area contributed by atoms with Crippen molar-refractivity contribution in [3.63, 3.8) is 0 Å². The highest BCUT2D eigenvalue weighted by molar-refractivity contribution is 5.82. The number of likely N-dealkylation sites (N-methyl/N-ethyl adjacent to an activating group) is 1. The van der Waals surface area contributed by atoms with Gasteiger partial charge in [-0.25, -0.2) is 5.06 Å². The summed E-state index contributed by atoms with van der Waals surface area (Å²) in [5, 5.41) is 8.27. The van der Waals surface area contributed by atoms with E-state index in [4.69, 9.17) is 4.84 Å². The van der Waals surface area contributed by atoms with Gasteiger partial charge in [0.1, 0.15) is 12.6 Å². The number of hydrogen-bond acceptors (Lipinski definition) is 5. The van der Waals surface area contributed by atoms with Gasteiger partial charge in [-0.2, -0.15) is 0 Å². The Bertz CT molecular complexity index is 530. The zero-order valence-corrected chi connectivity index (χ0v) is 15.9. The van der Waals surface area contributed by atoms with Crippen molar-refractivity contribution in [2.24, 2.45) is 0 Å². The van der Waals surface area contributed by atoms with Gasteiger partial charge in [-0.15, -0.1) is 0 Å². The monoisotopic (exact) mass is 348 g/mol. The molecule has 2 rings (SSSR count). The van der Waals surface area contributed by atoms with E-state index in [2.05, 4.69) is 15.5 Å². The molecule has 0 spiro atoms. The predicted molar refractivity (Wildman–Crippen MR) is 100.0 cm³/mol. The van der Waals surface area contributed by atoms with Crippen LogP contribution in [0, 0.1) is 0 Å². The number of hydroxylamine groups is 2. The van der Waals surface area contributed by atoms with Gasteiger partial charge in [-0.1, -0.05) is 30.3 Å². The summed E-state index contributed by atoms with van der Waals surface area (Å²) in [4.78, 5) is 21.3. The van der Waals surface area contributed by atoms with E-state index in [0.29, 0.717) is 13.2 Å². The number of carbonyl (C=O) groups is 1. The van der Waals surface area contributed by atoms with Crippen LogP contribution < -0.4 is 10.6 Å². The fraction of sp³-hybridized carbons (Fsp3) is 0.632. The molecule has 1 aromatic carbocycles. The molecule has 0 aliphatic carbocycles. The van der Waals surface area contributed by atoms with Crippen molar-refractivity contribution >= 4 is 5.91 Å². The molecule has 25 heavy (non-hydrogen) atoms. The third kappa shape index (κ3) is 6.08. The molecule has 2 N–H and O–H groups in total. The minimum absolute atomic E-state index is 0.000307. The first-order chi connectivity index (χ1) is 11.9. The van der Waals surface area contributed by atoms with Crippen LogP contribution in [0.2, 0.25) is 0 Å². The molecule has 1 unspecified atom stereocenters. The predicted octanol–water partition coefficient (Wildman–Crippen LogP) is 1.24. The lowest BCUT2D eigenvalue weighted by Crippen LogP contribution is -2.56. The van der Waals surface area contributed by atoms with Crippen LogP contribution in [0.1, 0.15) is 26.3 Å². The summed E-state index contributed by atoms with van der Waals surface area (Å²) in [7, 11) is 2.00. The Morgan fingerprint density at radius 1 is 1.20 bits per heavy atom. The minimum Gasteiger partial charge on any atom is -0.314 e. The largest absolute Gasteiger partial charge is 0.314 e. The van der Waals surface area contributed by atoms with Gasteiger partial charge in [0.15, 0.2) is 0 Å². The van der Waals surface area contributed by atoms with Crippen LogP contribution in [-0.4, -0.2) is 67.2 Å². The lowest BCUT2D eigenvalue weighted by atomic mass is 10.1. The molecule has 1 amide bonds. The highest BCUT2D eigenvalue weighted by Gasteiger charge is 2.35. The molecule has 1 atom stereocenters. The molecule has 1 aliphatic rings. The van der Waals surface area contributed by atoms with Crippen LogP contribution in [0.25, 0.3) is 0 Å². The quantitative estimate of drug-likeness (QED) is 0.802. The van der Waals surface area contributed by atoms with E-state index in [0.717, 1.165) is 31.7 Å². The van der Waals surface area contributed by atoms with Crippen molar-refractivity contribution < 1.29 is 9.63 Å². The highest BCUT2D eigenvalue weighted by Crippen LogP contribution is 2.18. The average molecular weight is 348 g/mol. The Hall–Kier alpha value is -1.47.